The minimum Gasteiger partial charge on any atom is -0.308 e. The molecule has 1 aromatic rings. The third-order valence-electron chi connectivity index (χ3n) is 3.52. The van der Waals surface area contributed by atoms with Gasteiger partial charge < -0.3 is 10.3 Å². The number of nitrogen functional groups attached to an aromatic ring is 1. The van der Waals surface area contributed by atoms with Crippen LogP contribution in [0.15, 0.2) is 23.2 Å². The number of likely N-dealkylation sites (N-methyl/N-ethyl adjacent to an activating group) is 1. The van der Waals surface area contributed by atoms with Crippen LogP contribution in [0.1, 0.15) is 12.8 Å². The normalized spacial score (nSPS) is 16.8. The standard InChI is InChI=1S/C12H21N5O2S/c1-16(8-9-17-6-2-3-7-17)20(18,19)11-4-5-12(15-13)14-10-11/h4-5,10H,2-3,6-9,13H2,1H3,(H,14,15). The second kappa shape index (κ2) is 6.49. The molecule has 0 amide bonds. The highest BCUT2D eigenvalue weighted by atomic mass is 32.2. The van der Waals surface area contributed by atoms with Crippen LogP contribution in [0.5, 0.6) is 0 Å². The molecule has 7 nitrogen and oxygen atoms in total. The first-order valence-corrected chi connectivity index (χ1v) is 8.09. The highest BCUT2D eigenvalue weighted by Crippen LogP contribution is 2.15. The number of nitrogens with two attached hydrogens (primary N) is 1. The monoisotopic (exact) mass is 299 g/mol. The molecule has 1 aliphatic rings. The van der Waals surface area contributed by atoms with Crippen LogP contribution in [0.4, 0.5) is 5.82 Å². The minimum absolute atomic E-state index is 0.181. The van der Waals surface area contributed by atoms with Crippen molar-refractivity contribution in [2.24, 2.45) is 5.84 Å². The fraction of sp³-hybridized carbons (Fsp3) is 0.583. The molecule has 2 heterocycles. The van der Waals surface area contributed by atoms with E-state index in [9.17, 15) is 8.42 Å². The molecule has 2 rings (SSSR count). The van der Waals surface area contributed by atoms with Crippen molar-refractivity contribution in [1.29, 1.82) is 0 Å². The summed E-state index contributed by atoms with van der Waals surface area (Å²) >= 11 is 0. The molecule has 0 unspecified atom stereocenters. The number of nitrogens with zero attached hydrogens (tertiary/aromatic N) is 3. The van der Waals surface area contributed by atoms with Crippen molar-refractivity contribution in [1.82, 2.24) is 14.2 Å². The van der Waals surface area contributed by atoms with Crippen molar-refractivity contribution in [2.75, 3.05) is 38.7 Å². The van der Waals surface area contributed by atoms with Crippen LogP contribution in [-0.2, 0) is 10.0 Å². The topological polar surface area (TPSA) is 91.6 Å². The van der Waals surface area contributed by atoms with Gasteiger partial charge in [0.2, 0.25) is 10.0 Å². The first-order valence-electron chi connectivity index (χ1n) is 6.65. The number of hydrazine groups is 1. The highest BCUT2D eigenvalue weighted by Gasteiger charge is 2.22. The SMILES string of the molecule is CN(CCN1CCCC1)S(=O)(=O)c1ccc(NN)nc1. The molecule has 0 bridgehead atoms. The van der Waals surface area contributed by atoms with Crippen molar-refractivity contribution in [2.45, 2.75) is 17.7 Å². The summed E-state index contributed by atoms with van der Waals surface area (Å²) < 4.78 is 26.1. The lowest BCUT2D eigenvalue weighted by Crippen LogP contribution is -2.35. The number of rotatable bonds is 6. The Kier molecular flexibility index (Phi) is 4.92. The first kappa shape index (κ1) is 15.2. The van der Waals surface area contributed by atoms with Gasteiger partial charge in [-0.15, -0.1) is 0 Å². The number of hydrogen-bond donors (Lipinski definition) is 2. The third kappa shape index (κ3) is 3.45. The van der Waals surface area contributed by atoms with Crippen molar-refractivity contribution in [3.63, 3.8) is 0 Å². The maximum Gasteiger partial charge on any atom is 0.244 e. The molecule has 0 aliphatic carbocycles. The van der Waals surface area contributed by atoms with Crippen LogP contribution in [-0.4, -0.2) is 55.8 Å². The fourth-order valence-corrected chi connectivity index (χ4v) is 3.31. The summed E-state index contributed by atoms with van der Waals surface area (Å²) in [7, 11) is -1.88. The van der Waals surface area contributed by atoms with E-state index >= 15 is 0 Å². The van der Waals surface area contributed by atoms with Gasteiger partial charge in [0.25, 0.3) is 0 Å². The molecular formula is C12H21N5O2S. The average Bonchev–Trinajstić information content (AvgIpc) is 2.98. The average molecular weight is 299 g/mol. The molecule has 20 heavy (non-hydrogen) atoms. The molecule has 112 valence electrons. The quantitative estimate of drug-likeness (QED) is 0.571. The lowest BCUT2D eigenvalue weighted by atomic mass is 10.4. The minimum atomic E-state index is -3.48. The van der Waals surface area contributed by atoms with Gasteiger partial charge in [0.1, 0.15) is 10.7 Å². The molecule has 0 saturated carbocycles. The number of hydrogen-bond acceptors (Lipinski definition) is 6. The summed E-state index contributed by atoms with van der Waals surface area (Å²) in [6.07, 6.45) is 3.72. The Morgan fingerprint density at radius 3 is 2.65 bits per heavy atom. The van der Waals surface area contributed by atoms with E-state index in [1.165, 1.54) is 29.4 Å². The Morgan fingerprint density at radius 1 is 1.40 bits per heavy atom. The van der Waals surface area contributed by atoms with E-state index < -0.39 is 10.0 Å². The molecule has 0 aromatic carbocycles. The zero-order valence-corrected chi connectivity index (χ0v) is 12.4. The van der Waals surface area contributed by atoms with Crippen LogP contribution in [0.2, 0.25) is 0 Å². The van der Waals surface area contributed by atoms with E-state index in [-0.39, 0.29) is 4.90 Å². The Morgan fingerprint density at radius 2 is 2.10 bits per heavy atom. The van der Waals surface area contributed by atoms with Crippen molar-refractivity contribution < 1.29 is 8.42 Å². The summed E-state index contributed by atoms with van der Waals surface area (Å²) in [6, 6.07) is 3.05. The Labute approximate surface area is 119 Å². The lowest BCUT2D eigenvalue weighted by molar-refractivity contribution is 0.310. The van der Waals surface area contributed by atoms with Crippen LogP contribution >= 0.6 is 0 Å². The van der Waals surface area contributed by atoms with Crippen LogP contribution in [0, 0.1) is 0 Å². The molecule has 1 aromatic heterocycles. The molecule has 8 heteroatoms. The Bertz CT molecular complexity index is 525. The predicted octanol–water partition coefficient (Wildman–Crippen LogP) is 0.0835. The zero-order valence-electron chi connectivity index (χ0n) is 11.6. The van der Waals surface area contributed by atoms with Crippen molar-refractivity contribution >= 4 is 15.8 Å². The largest absolute Gasteiger partial charge is 0.308 e. The number of nitrogens with one attached hydrogen (secondary N) is 1. The fourth-order valence-electron chi connectivity index (χ4n) is 2.21. The second-order valence-electron chi connectivity index (χ2n) is 4.90. The van der Waals surface area contributed by atoms with Crippen molar-refractivity contribution in [3.8, 4) is 0 Å². The van der Waals surface area contributed by atoms with Gasteiger partial charge in [0.15, 0.2) is 0 Å². The van der Waals surface area contributed by atoms with Gasteiger partial charge in [-0.05, 0) is 38.1 Å². The van der Waals surface area contributed by atoms with Crippen LogP contribution in [0.25, 0.3) is 0 Å². The highest BCUT2D eigenvalue weighted by molar-refractivity contribution is 7.89. The van der Waals surface area contributed by atoms with Gasteiger partial charge >= 0.3 is 0 Å². The Hall–Kier alpha value is -1.22. The molecule has 0 radical (unpaired) electrons. The summed E-state index contributed by atoms with van der Waals surface area (Å²) in [6.45, 7) is 3.38. The lowest BCUT2D eigenvalue weighted by Gasteiger charge is -2.21. The molecule has 0 spiro atoms. The molecule has 1 fully saturated rings. The van der Waals surface area contributed by atoms with Gasteiger partial charge in [-0.1, -0.05) is 0 Å². The van der Waals surface area contributed by atoms with Crippen LogP contribution < -0.4 is 11.3 Å². The second-order valence-corrected chi connectivity index (χ2v) is 6.94. The number of sulfonamides is 1. The third-order valence-corrected chi connectivity index (χ3v) is 5.36. The number of aromatic nitrogens is 1. The van der Waals surface area contributed by atoms with E-state index in [1.54, 1.807) is 13.1 Å². The van der Waals surface area contributed by atoms with E-state index in [4.69, 9.17) is 5.84 Å². The maximum atomic E-state index is 12.4. The molecule has 1 aliphatic heterocycles. The number of anilines is 1. The van der Waals surface area contributed by atoms with E-state index in [0.717, 1.165) is 19.6 Å². The molecular weight excluding hydrogens is 278 g/mol. The van der Waals surface area contributed by atoms with Gasteiger partial charge in [-0.2, -0.15) is 4.31 Å². The molecule has 1 saturated heterocycles. The Balaban J connectivity index is 2.00. The van der Waals surface area contributed by atoms with Gasteiger partial charge in [0.05, 0.1) is 0 Å². The summed E-state index contributed by atoms with van der Waals surface area (Å²) in [4.78, 5) is 6.40. The van der Waals surface area contributed by atoms with Gasteiger partial charge in [0, 0.05) is 26.3 Å². The first-order chi connectivity index (χ1) is 9.54. The number of likely N-dealkylation sites (tertiary alicyclic amines) is 1. The summed E-state index contributed by atoms with van der Waals surface area (Å²) in [5.74, 6) is 5.64. The smallest absolute Gasteiger partial charge is 0.244 e. The zero-order chi connectivity index (χ0) is 14.6. The predicted molar refractivity (Wildman–Crippen MR) is 77.5 cm³/mol. The summed E-state index contributed by atoms with van der Waals surface area (Å²) in [5, 5.41) is 0. The van der Waals surface area contributed by atoms with Gasteiger partial charge in [-0.25, -0.2) is 19.2 Å². The number of pyridine rings is 1. The maximum absolute atomic E-state index is 12.4. The molecule has 3 N–H and O–H groups in total. The van der Waals surface area contributed by atoms with Crippen LogP contribution in [0.3, 0.4) is 0 Å². The van der Waals surface area contributed by atoms with E-state index in [0.29, 0.717) is 12.4 Å². The van der Waals surface area contributed by atoms with Crippen molar-refractivity contribution in [3.05, 3.63) is 18.3 Å². The summed E-state index contributed by atoms with van der Waals surface area (Å²) in [5.41, 5.74) is 2.37. The molecule has 0 atom stereocenters. The van der Waals surface area contributed by atoms with E-state index in [1.807, 2.05) is 0 Å². The van der Waals surface area contributed by atoms with Gasteiger partial charge in [-0.3, -0.25) is 0 Å². The van der Waals surface area contributed by atoms with E-state index in [2.05, 4.69) is 15.3 Å².